The average Bonchev–Trinajstić information content (AvgIpc) is 2.69. The first-order valence-electron chi connectivity index (χ1n) is 8.51. The molecule has 0 aliphatic rings. The van der Waals surface area contributed by atoms with E-state index in [1.807, 2.05) is 19.1 Å². The van der Waals surface area contributed by atoms with Crippen LogP contribution in [0.1, 0.15) is 22.3 Å². The predicted octanol–water partition coefficient (Wildman–Crippen LogP) is 3.44. The van der Waals surface area contributed by atoms with Gasteiger partial charge in [-0.1, -0.05) is 22.0 Å². The minimum Gasteiger partial charge on any atom is -0.493 e. The number of hydrogen-bond acceptors (Lipinski definition) is 6. The molecule has 0 saturated carbocycles. The molecule has 0 atom stereocenters. The van der Waals surface area contributed by atoms with Crippen LogP contribution in [0.3, 0.4) is 0 Å². The van der Waals surface area contributed by atoms with Gasteiger partial charge in [0.05, 0.1) is 25.2 Å². The number of nitro groups is 1. The van der Waals surface area contributed by atoms with Gasteiger partial charge in [-0.3, -0.25) is 19.7 Å². The number of anilines is 1. The summed E-state index contributed by atoms with van der Waals surface area (Å²) >= 11 is 3.34. The Kier molecular flexibility index (Phi) is 7.54. The molecular formula is C19H20BrN3O6. The summed E-state index contributed by atoms with van der Waals surface area (Å²) in [7, 11) is 2.70. The number of benzene rings is 2. The molecule has 0 bridgehead atoms. The van der Waals surface area contributed by atoms with Gasteiger partial charge in [-0.25, -0.2) is 0 Å². The number of nitrogens with one attached hydrogen (secondary N) is 2. The molecule has 10 heteroatoms. The summed E-state index contributed by atoms with van der Waals surface area (Å²) in [5.74, 6) is -0.664. The van der Waals surface area contributed by atoms with Crippen LogP contribution in [0, 0.1) is 17.0 Å². The summed E-state index contributed by atoms with van der Waals surface area (Å²) in [5.41, 5.74) is 0.947. The average molecular weight is 466 g/mol. The van der Waals surface area contributed by atoms with Crippen molar-refractivity contribution in [2.24, 2.45) is 0 Å². The normalized spacial score (nSPS) is 10.2. The van der Waals surface area contributed by atoms with Gasteiger partial charge in [0, 0.05) is 29.2 Å². The Hall–Kier alpha value is -3.14. The number of aryl methyl sites for hydroxylation is 1. The lowest BCUT2D eigenvalue weighted by atomic mass is 10.1. The molecule has 29 heavy (non-hydrogen) atoms. The minimum atomic E-state index is -0.691. The van der Waals surface area contributed by atoms with Crippen molar-refractivity contribution in [3.8, 4) is 11.5 Å². The van der Waals surface area contributed by atoms with E-state index >= 15 is 0 Å². The van der Waals surface area contributed by atoms with Crippen LogP contribution in [-0.2, 0) is 4.79 Å². The summed E-state index contributed by atoms with van der Waals surface area (Å²) in [6, 6.07) is 7.85. The van der Waals surface area contributed by atoms with Crippen LogP contribution in [0.15, 0.2) is 34.8 Å². The number of nitrogens with zero attached hydrogens (tertiary/aromatic N) is 1. The van der Waals surface area contributed by atoms with Crippen molar-refractivity contribution in [1.82, 2.24) is 5.32 Å². The smallest absolute Gasteiger partial charge is 0.286 e. The van der Waals surface area contributed by atoms with Crippen LogP contribution in [0.4, 0.5) is 11.4 Å². The highest BCUT2D eigenvalue weighted by Gasteiger charge is 2.24. The van der Waals surface area contributed by atoms with Crippen LogP contribution >= 0.6 is 15.9 Å². The van der Waals surface area contributed by atoms with Gasteiger partial charge in [0.1, 0.15) is 5.56 Å². The maximum Gasteiger partial charge on any atom is 0.286 e. The minimum absolute atomic E-state index is 0.00121. The summed E-state index contributed by atoms with van der Waals surface area (Å²) in [6.07, 6.45) is -0.00121. The molecule has 0 aliphatic carbocycles. The maximum atomic E-state index is 12.4. The van der Waals surface area contributed by atoms with Crippen molar-refractivity contribution in [2.45, 2.75) is 13.3 Å². The lowest BCUT2D eigenvalue weighted by Crippen LogP contribution is -2.28. The third-order valence-electron chi connectivity index (χ3n) is 4.05. The SMILES string of the molecule is COc1cc(C(=O)NCCC(=O)Nc2cc(Br)ccc2C)c([N+](=O)[O-])cc1OC. The number of halogens is 1. The highest BCUT2D eigenvalue weighted by molar-refractivity contribution is 9.10. The number of rotatable bonds is 8. The number of ether oxygens (including phenoxy) is 2. The monoisotopic (exact) mass is 465 g/mol. The van der Waals surface area contributed by atoms with E-state index in [0.29, 0.717) is 5.69 Å². The molecule has 0 radical (unpaired) electrons. The molecule has 2 aromatic rings. The summed E-state index contributed by atoms with van der Waals surface area (Å²) in [6.45, 7) is 1.86. The second kappa shape index (κ2) is 9.87. The molecule has 2 aromatic carbocycles. The fourth-order valence-corrected chi connectivity index (χ4v) is 2.89. The molecular weight excluding hydrogens is 446 g/mol. The Labute approximate surface area is 175 Å². The standard InChI is InChI=1S/C19H20BrN3O6/c1-11-4-5-12(20)8-14(11)22-18(24)6-7-21-19(25)13-9-16(28-2)17(29-3)10-15(13)23(26)27/h4-5,8-10H,6-7H2,1-3H3,(H,21,25)(H,22,24). The molecule has 154 valence electrons. The molecule has 0 aromatic heterocycles. The van der Waals surface area contributed by atoms with Gasteiger partial charge >= 0.3 is 0 Å². The van der Waals surface area contributed by atoms with Gasteiger partial charge < -0.3 is 20.1 Å². The lowest BCUT2D eigenvalue weighted by molar-refractivity contribution is -0.385. The Balaban J connectivity index is 2.04. The zero-order valence-electron chi connectivity index (χ0n) is 16.1. The van der Waals surface area contributed by atoms with Gasteiger partial charge in [0.2, 0.25) is 5.91 Å². The molecule has 0 aliphatic heterocycles. The molecule has 0 spiro atoms. The van der Waals surface area contributed by atoms with Crippen LogP contribution in [0.5, 0.6) is 11.5 Å². The number of carbonyl (C=O) groups excluding carboxylic acids is 2. The van der Waals surface area contributed by atoms with Crippen molar-refractivity contribution in [2.75, 3.05) is 26.1 Å². The van der Waals surface area contributed by atoms with Crippen molar-refractivity contribution in [3.63, 3.8) is 0 Å². The zero-order valence-corrected chi connectivity index (χ0v) is 17.7. The number of nitro benzene ring substituents is 1. The van der Waals surface area contributed by atoms with Crippen LogP contribution in [0.2, 0.25) is 0 Å². The Morgan fingerprint density at radius 2 is 1.79 bits per heavy atom. The summed E-state index contributed by atoms with van der Waals surface area (Å²) in [4.78, 5) is 35.2. The van der Waals surface area contributed by atoms with Gasteiger partial charge in [-0.05, 0) is 24.6 Å². The van der Waals surface area contributed by atoms with Crippen LogP contribution < -0.4 is 20.1 Å². The van der Waals surface area contributed by atoms with E-state index in [1.54, 1.807) is 6.07 Å². The number of carbonyl (C=O) groups is 2. The van der Waals surface area contributed by atoms with E-state index in [9.17, 15) is 19.7 Å². The van der Waals surface area contributed by atoms with Gasteiger partial charge in [-0.15, -0.1) is 0 Å². The van der Waals surface area contributed by atoms with E-state index in [1.165, 1.54) is 20.3 Å². The molecule has 2 amide bonds. The van der Waals surface area contributed by atoms with E-state index in [0.717, 1.165) is 16.1 Å². The third kappa shape index (κ3) is 5.67. The van der Waals surface area contributed by atoms with E-state index in [2.05, 4.69) is 26.6 Å². The quantitative estimate of drug-likeness (QED) is 0.455. The highest BCUT2D eigenvalue weighted by atomic mass is 79.9. The Morgan fingerprint density at radius 1 is 1.14 bits per heavy atom. The van der Waals surface area contributed by atoms with Crippen LogP contribution in [0.25, 0.3) is 0 Å². The summed E-state index contributed by atoms with van der Waals surface area (Å²) < 4.78 is 11.0. The van der Waals surface area contributed by atoms with E-state index in [-0.39, 0.29) is 35.9 Å². The molecule has 2 rings (SSSR count). The molecule has 0 unspecified atom stereocenters. The number of hydrogen-bond donors (Lipinski definition) is 2. The van der Waals surface area contributed by atoms with Crippen molar-refractivity contribution in [1.29, 1.82) is 0 Å². The molecule has 2 N–H and O–H groups in total. The topological polar surface area (TPSA) is 120 Å². The number of methoxy groups -OCH3 is 2. The van der Waals surface area contributed by atoms with E-state index < -0.39 is 16.5 Å². The second-order valence-corrected chi connectivity index (χ2v) is 6.91. The first-order chi connectivity index (χ1) is 13.8. The van der Waals surface area contributed by atoms with Gasteiger partial charge in [0.15, 0.2) is 11.5 Å². The predicted molar refractivity (Wildman–Crippen MR) is 111 cm³/mol. The molecule has 0 heterocycles. The zero-order chi connectivity index (χ0) is 21.6. The lowest BCUT2D eigenvalue weighted by Gasteiger charge is -2.11. The highest BCUT2D eigenvalue weighted by Crippen LogP contribution is 2.34. The fourth-order valence-electron chi connectivity index (χ4n) is 2.53. The second-order valence-electron chi connectivity index (χ2n) is 5.99. The summed E-state index contributed by atoms with van der Waals surface area (Å²) in [5, 5.41) is 16.6. The largest absolute Gasteiger partial charge is 0.493 e. The first-order valence-corrected chi connectivity index (χ1v) is 9.30. The Bertz CT molecular complexity index is 948. The molecule has 0 fully saturated rings. The third-order valence-corrected chi connectivity index (χ3v) is 4.55. The first kappa shape index (κ1) is 22.2. The van der Waals surface area contributed by atoms with Gasteiger partial charge in [-0.2, -0.15) is 0 Å². The Morgan fingerprint density at radius 3 is 2.41 bits per heavy atom. The van der Waals surface area contributed by atoms with Gasteiger partial charge in [0.25, 0.3) is 11.6 Å². The number of amides is 2. The van der Waals surface area contributed by atoms with Crippen molar-refractivity contribution in [3.05, 3.63) is 56.0 Å². The fraction of sp³-hybridized carbons (Fsp3) is 0.263. The maximum absolute atomic E-state index is 12.4. The van der Waals surface area contributed by atoms with Crippen LogP contribution in [-0.4, -0.2) is 37.5 Å². The van der Waals surface area contributed by atoms with Crippen molar-refractivity contribution >= 4 is 39.1 Å². The molecule has 9 nitrogen and oxygen atoms in total. The van der Waals surface area contributed by atoms with Crippen molar-refractivity contribution < 1.29 is 24.0 Å². The van der Waals surface area contributed by atoms with E-state index in [4.69, 9.17) is 9.47 Å². The molecule has 0 saturated heterocycles.